The van der Waals surface area contributed by atoms with Crippen LogP contribution in [0, 0.1) is 11.6 Å². The first-order valence-corrected chi connectivity index (χ1v) is 8.68. The van der Waals surface area contributed by atoms with Gasteiger partial charge in [0.05, 0.1) is 11.3 Å². The zero-order valence-corrected chi connectivity index (χ0v) is 13.7. The summed E-state index contributed by atoms with van der Waals surface area (Å²) in [6, 6.07) is 8.11. The molecule has 0 bridgehead atoms. The summed E-state index contributed by atoms with van der Waals surface area (Å²) in [6.45, 7) is 2.32. The van der Waals surface area contributed by atoms with Crippen molar-refractivity contribution in [2.24, 2.45) is 0 Å². The number of halogens is 2. The van der Waals surface area contributed by atoms with Gasteiger partial charge >= 0.3 is 0 Å². The van der Waals surface area contributed by atoms with Gasteiger partial charge in [-0.05, 0) is 30.7 Å². The summed E-state index contributed by atoms with van der Waals surface area (Å²) in [5.74, 6) is -2.55. The van der Waals surface area contributed by atoms with Crippen LogP contribution in [0.1, 0.15) is 23.7 Å². The normalized spacial score (nSPS) is 11.1. The van der Waals surface area contributed by atoms with Crippen LogP contribution in [-0.2, 0) is 10.0 Å². The minimum Gasteiger partial charge on any atom is -0.352 e. The molecule has 0 atom stereocenters. The second-order valence-electron chi connectivity index (χ2n) is 4.98. The number of benzene rings is 2. The Bertz CT molecular complexity index is 854. The Hall–Kier alpha value is -2.48. The largest absolute Gasteiger partial charge is 0.352 e. The Kier molecular flexibility index (Phi) is 5.50. The van der Waals surface area contributed by atoms with E-state index in [1.807, 2.05) is 6.92 Å². The summed E-state index contributed by atoms with van der Waals surface area (Å²) in [4.78, 5) is 11.4. The first kappa shape index (κ1) is 17.9. The number of para-hydroxylation sites is 1. The highest BCUT2D eigenvalue weighted by molar-refractivity contribution is 7.92. The molecule has 0 aliphatic heterocycles. The molecule has 1 amide bonds. The zero-order valence-electron chi connectivity index (χ0n) is 12.8. The highest BCUT2D eigenvalue weighted by Gasteiger charge is 2.22. The molecule has 24 heavy (non-hydrogen) atoms. The van der Waals surface area contributed by atoms with Crippen molar-refractivity contribution in [3.05, 3.63) is 59.7 Å². The minimum absolute atomic E-state index is 0.00910. The summed E-state index contributed by atoms with van der Waals surface area (Å²) in [7, 11) is -4.31. The number of amides is 1. The van der Waals surface area contributed by atoms with Crippen LogP contribution < -0.4 is 10.0 Å². The average molecular weight is 354 g/mol. The molecule has 0 fully saturated rings. The van der Waals surface area contributed by atoms with Crippen LogP contribution in [0.3, 0.4) is 0 Å². The van der Waals surface area contributed by atoms with E-state index < -0.39 is 32.5 Å². The van der Waals surface area contributed by atoms with Gasteiger partial charge in [0.25, 0.3) is 15.9 Å². The van der Waals surface area contributed by atoms with Crippen LogP contribution in [0.5, 0.6) is 0 Å². The molecule has 128 valence electrons. The monoisotopic (exact) mass is 354 g/mol. The second-order valence-corrected chi connectivity index (χ2v) is 6.63. The molecule has 8 heteroatoms. The van der Waals surface area contributed by atoms with E-state index in [4.69, 9.17) is 0 Å². The van der Waals surface area contributed by atoms with E-state index in [2.05, 4.69) is 10.0 Å². The molecule has 5 nitrogen and oxygen atoms in total. The van der Waals surface area contributed by atoms with E-state index in [-0.39, 0.29) is 11.3 Å². The molecule has 2 aromatic carbocycles. The van der Waals surface area contributed by atoms with Crippen LogP contribution in [0.15, 0.2) is 47.4 Å². The van der Waals surface area contributed by atoms with E-state index in [1.54, 1.807) is 6.07 Å². The van der Waals surface area contributed by atoms with Crippen molar-refractivity contribution in [3.8, 4) is 0 Å². The third kappa shape index (κ3) is 4.08. The third-order valence-electron chi connectivity index (χ3n) is 3.14. The summed E-state index contributed by atoms with van der Waals surface area (Å²) in [5, 5.41) is 2.64. The molecule has 0 aromatic heterocycles. The van der Waals surface area contributed by atoms with Gasteiger partial charge in [0, 0.05) is 12.6 Å². The SMILES string of the molecule is CCCNC(=O)c1ccccc1NS(=O)(=O)c1ccc(F)cc1F. The summed E-state index contributed by atoms with van der Waals surface area (Å²) >= 11 is 0. The summed E-state index contributed by atoms with van der Waals surface area (Å²) in [6.07, 6.45) is 0.723. The molecular formula is C16H16F2N2O3S. The number of sulfonamides is 1. The van der Waals surface area contributed by atoms with Crippen LogP contribution in [0.4, 0.5) is 14.5 Å². The Balaban J connectivity index is 2.35. The Morgan fingerprint density at radius 3 is 2.50 bits per heavy atom. The molecule has 0 saturated carbocycles. The standard InChI is InChI=1S/C16H16F2N2O3S/c1-2-9-19-16(21)12-5-3-4-6-14(12)20-24(22,23)15-8-7-11(17)10-13(15)18/h3-8,10,20H,2,9H2,1H3,(H,19,21). The number of hydrogen-bond donors (Lipinski definition) is 2. The average Bonchev–Trinajstić information content (AvgIpc) is 2.52. The van der Waals surface area contributed by atoms with Gasteiger partial charge < -0.3 is 5.32 Å². The van der Waals surface area contributed by atoms with E-state index in [0.29, 0.717) is 12.6 Å². The fourth-order valence-corrected chi connectivity index (χ4v) is 3.14. The van der Waals surface area contributed by atoms with Gasteiger partial charge in [-0.25, -0.2) is 17.2 Å². The molecule has 2 N–H and O–H groups in total. The van der Waals surface area contributed by atoms with Crippen molar-refractivity contribution in [1.82, 2.24) is 5.32 Å². The number of nitrogens with one attached hydrogen (secondary N) is 2. The van der Waals surface area contributed by atoms with E-state index in [1.165, 1.54) is 18.2 Å². The molecule has 2 aromatic rings. The lowest BCUT2D eigenvalue weighted by Gasteiger charge is -2.13. The number of carbonyl (C=O) groups is 1. The van der Waals surface area contributed by atoms with Crippen molar-refractivity contribution >= 4 is 21.6 Å². The molecule has 0 unspecified atom stereocenters. The first-order chi connectivity index (χ1) is 11.3. The van der Waals surface area contributed by atoms with Gasteiger partial charge in [-0.15, -0.1) is 0 Å². The van der Waals surface area contributed by atoms with Crippen LogP contribution in [0.25, 0.3) is 0 Å². The predicted molar refractivity (Wildman–Crippen MR) is 86.2 cm³/mol. The number of carbonyl (C=O) groups excluding carboxylic acids is 1. The van der Waals surface area contributed by atoms with E-state index >= 15 is 0 Å². The van der Waals surface area contributed by atoms with Gasteiger partial charge in [-0.2, -0.15) is 0 Å². The maximum absolute atomic E-state index is 13.7. The van der Waals surface area contributed by atoms with E-state index in [9.17, 15) is 22.0 Å². The number of rotatable bonds is 6. The smallest absolute Gasteiger partial charge is 0.264 e. The molecule has 0 heterocycles. The fraction of sp³-hybridized carbons (Fsp3) is 0.188. The highest BCUT2D eigenvalue weighted by atomic mass is 32.2. The third-order valence-corrected chi connectivity index (χ3v) is 4.53. The van der Waals surface area contributed by atoms with Crippen molar-refractivity contribution in [2.45, 2.75) is 18.2 Å². The predicted octanol–water partition coefficient (Wildman–Crippen LogP) is 2.91. The summed E-state index contributed by atoms with van der Waals surface area (Å²) in [5.41, 5.74) is 0.117. The summed E-state index contributed by atoms with van der Waals surface area (Å²) < 4.78 is 53.5. The molecule has 0 radical (unpaired) electrons. The van der Waals surface area contributed by atoms with Gasteiger partial charge in [-0.3, -0.25) is 9.52 Å². The topological polar surface area (TPSA) is 75.3 Å². The Labute approximate surface area is 138 Å². The lowest BCUT2D eigenvalue weighted by Crippen LogP contribution is -2.26. The Morgan fingerprint density at radius 1 is 1.12 bits per heavy atom. The second kappa shape index (κ2) is 7.39. The van der Waals surface area contributed by atoms with Crippen LogP contribution >= 0.6 is 0 Å². The molecular weight excluding hydrogens is 338 g/mol. The Morgan fingerprint density at radius 2 is 1.83 bits per heavy atom. The van der Waals surface area contributed by atoms with Crippen molar-refractivity contribution in [2.75, 3.05) is 11.3 Å². The van der Waals surface area contributed by atoms with E-state index in [0.717, 1.165) is 18.6 Å². The van der Waals surface area contributed by atoms with Gasteiger partial charge in [0.1, 0.15) is 16.5 Å². The van der Waals surface area contributed by atoms with Crippen molar-refractivity contribution in [1.29, 1.82) is 0 Å². The maximum Gasteiger partial charge on any atom is 0.264 e. The lowest BCUT2D eigenvalue weighted by atomic mass is 10.1. The molecule has 0 saturated heterocycles. The molecule has 0 aliphatic rings. The van der Waals surface area contributed by atoms with Gasteiger partial charge in [0.2, 0.25) is 0 Å². The van der Waals surface area contributed by atoms with Gasteiger partial charge in [0.15, 0.2) is 0 Å². The first-order valence-electron chi connectivity index (χ1n) is 7.20. The minimum atomic E-state index is -4.31. The van der Waals surface area contributed by atoms with Crippen LogP contribution in [0.2, 0.25) is 0 Å². The molecule has 0 aliphatic carbocycles. The maximum atomic E-state index is 13.7. The van der Waals surface area contributed by atoms with Crippen molar-refractivity contribution < 1.29 is 22.0 Å². The quantitative estimate of drug-likeness (QED) is 0.838. The van der Waals surface area contributed by atoms with Crippen LogP contribution in [-0.4, -0.2) is 20.9 Å². The van der Waals surface area contributed by atoms with Gasteiger partial charge in [-0.1, -0.05) is 19.1 Å². The number of anilines is 1. The zero-order chi connectivity index (χ0) is 17.7. The lowest BCUT2D eigenvalue weighted by molar-refractivity contribution is 0.0954. The molecule has 2 rings (SSSR count). The fourth-order valence-electron chi connectivity index (χ4n) is 2.00. The number of hydrogen-bond acceptors (Lipinski definition) is 3. The van der Waals surface area contributed by atoms with Crippen molar-refractivity contribution in [3.63, 3.8) is 0 Å². The highest BCUT2D eigenvalue weighted by Crippen LogP contribution is 2.22. The molecule has 0 spiro atoms.